The van der Waals surface area contributed by atoms with Crippen LogP contribution in [0.2, 0.25) is 5.02 Å². The maximum atomic E-state index is 12.7. The highest BCUT2D eigenvalue weighted by molar-refractivity contribution is 6.31. The minimum Gasteiger partial charge on any atom is -0.344 e. The standard InChI is InChI=1S/C16H21ClN2O2/c1-16(2,3)14-15(21)19(9-8-13(20)18-14)10-11-6-4-5-7-12(11)17/h4-7,14H,8-10H2,1-3H3,(H,18,20). The third kappa shape index (κ3) is 3.76. The summed E-state index contributed by atoms with van der Waals surface area (Å²) in [7, 11) is 0. The van der Waals surface area contributed by atoms with Crippen molar-refractivity contribution in [2.24, 2.45) is 5.41 Å². The van der Waals surface area contributed by atoms with E-state index in [1.165, 1.54) is 0 Å². The smallest absolute Gasteiger partial charge is 0.246 e. The van der Waals surface area contributed by atoms with Crippen molar-refractivity contribution in [3.8, 4) is 0 Å². The first kappa shape index (κ1) is 15.8. The summed E-state index contributed by atoms with van der Waals surface area (Å²) < 4.78 is 0. The van der Waals surface area contributed by atoms with Crippen LogP contribution in [0.3, 0.4) is 0 Å². The lowest BCUT2D eigenvalue weighted by molar-refractivity contribution is -0.136. The van der Waals surface area contributed by atoms with E-state index < -0.39 is 6.04 Å². The Labute approximate surface area is 130 Å². The minimum absolute atomic E-state index is 0.0479. The molecule has 0 saturated carbocycles. The summed E-state index contributed by atoms with van der Waals surface area (Å²) in [5.41, 5.74) is 0.574. The van der Waals surface area contributed by atoms with Crippen LogP contribution in [0.1, 0.15) is 32.8 Å². The van der Waals surface area contributed by atoms with Gasteiger partial charge < -0.3 is 10.2 Å². The number of rotatable bonds is 2. The third-order valence-corrected chi connectivity index (χ3v) is 4.03. The van der Waals surface area contributed by atoms with Gasteiger partial charge in [-0.25, -0.2) is 0 Å². The average Bonchev–Trinajstić information content (AvgIpc) is 2.53. The summed E-state index contributed by atoms with van der Waals surface area (Å²) >= 11 is 6.17. The molecule has 0 aromatic heterocycles. The third-order valence-electron chi connectivity index (χ3n) is 3.66. The second-order valence-corrected chi connectivity index (χ2v) is 6.87. The molecule has 1 unspecified atom stereocenters. The summed E-state index contributed by atoms with van der Waals surface area (Å²) in [4.78, 5) is 26.3. The molecular formula is C16H21ClN2O2. The SMILES string of the molecule is CC(C)(C)C1NC(=O)CCN(Cc2ccccc2Cl)C1=O. The highest BCUT2D eigenvalue weighted by atomic mass is 35.5. The monoisotopic (exact) mass is 308 g/mol. The van der Waals surface area contributed by atoms with Gasteiger partial charge in [0.05, 0.1) is 0 Å². The number of benzene rings is 1. The first-order valence-electron chi connectivity index (χ1n) is 7.10. The Morgan fingerprint density at radius 2 is 1.95 bits per heavy atom. The maximum absolute atomic E-state index is 12.7. The molecule has 1 aliphatic rings. The summed E-state index contributed by atoms with van der Waals surface area (Å²) in [6.45, 7) is 6.71. The second kappa shape index (κ2) is 6.06. The maximum Gasteiger partial charge on any atom is 0.246 e. The van der Waals surface area contributed by atoms with Crippen molar-refractivity contribution in [3.63, 3.8) is 0 Å². The van der Waals surface area contributed by atoms with Crippen molar-refractivity contribution in [1.82, 2.24) is 10.2 Å². The zero-order valence-corrected chi connectivity index (χ0v) is 13.4. The molecule has 1 aromatic carbocycles. The van der Waals surface area contributed by atoms with Gasteiger partial charge in [0.25, 0.3) is 0 Å². The predicted molar refractivity (Wildman–Crippen MR) is 82.9 cm³/mol. The van der Waals surface area contributed by atoms with Gasteiger partial charge >= 0.3 is 0 Å². The molecule has 0 spiro atoms. The number of nitrogens with one attached hydrogen (secondary N) is 1. The zero-order valence-electron chi connectivity index (χ0n) is 12.6. The van der Waals surface area contributed by atoms with Crippen LogP contribution in [0.15, 0.2) is 24.3 Å². The summed E-state index contributed by atoms with van der Waals surface area (Å²) in [5, 5.41) is 3.48. The number of carbonyl (C=O) groups excluding carboxylic acids is 2. The number of nitrogens with zero attached hydrogens (tertiary/aromatic N) is 1. The van der Waals surface area contributed by atoms with E-state index in [1.807, 2.05) is 45.0 Å². The van der Waals surface area contributed by atoms with Gasteiger partial charge in [-0.05, 0) is 17.0 Å². The molecule has 0 bridgehead atoms. The molecule has 2 rings (SSSR count). The van der Waals surface area contributed by atoms with E-state index in [-0.39, 0.29) is 17.2 Å². The molecule has 0 radical (unpaired) electrons. The van der Waals surface area contributed by atoms with Crippen LogP contribution in [-0.4, -0.2) is 29.3 Å². The Morgan fingerprint density at radius 3 is 2.57 bits per heavy atom. The van der Waals surface area contributed by atoms with Crippen molar-refractivity contribution < 1.29 is 9.59 Å². The normalized spacial score (nSPS) is 20.2. The minimum atomic E-state index is -0.505. The Kier molecular flexibility index (Phi) is 4.57. The Hall–Kier alpha value is -1.55. The Bertz CT molecular complexity index is 551. The largest absolute Gasteiger partial charge is 0.344 e. The van der Waals surface area contributed by atoms with Crippen LogP contribution < -0.4 is 5.32 Å². The molecule has 1 saturated heterocycles. The lowest BCUT2D eigenvalue weighted by Crippen LogP contribution is -2.51. The molecule has 114 valence electrons. The molecule has 1 aliphatic heterocycles. The molecule has 5 heteroatoms. The predicted octanol–water partition coefficient (Wildman–Crippen LogP) is 2.60. The first-order chi connectivity index (χ1) is 9.79. The van der Waals surface area contributed by atoms with Gasteiger partial charge in [0, 0.05) is 24.5 Å². The van der Waals surface area contributed by atoms with Gasteiger partial charge in [0.2, 0.25) is 11.8 Å². The van der Waals surface area contributed by atoms with E-state index in [2.05, 4.69) is 5.32 Å². The van der Waals surface area contributed by atoms with E-state index in [1.54, 1.807) is 4.90 Å². The fourth-order valence-electron chi connectivity index (χ4n) is 2.40. The number of hydrogen-bond donors (Lipinski definition) is 1. The van der Waals surface area contributed by atoms with Crippen molar-refractivity contribution in [1.29, 1.82) is 0 Å². The van der Waals surface area contributed by atoms with Gasteiger partial charge in [-0.3, -0.25) is 9.59 Å². The fourth-order valence-corrected chi connectivity index (χ4v) is 2.60. The molecule has 21 heavy (non-hydrogen) atoms. The van der Waals surface area contributed by atoms with Crippen LogP contribution in [0.25, 0.3) is 0 Å². The highest BCUT2D eigenvalue weighted by Gasteiger charge is 2.37. The molecule has 4 nitrogen and oxygen atoms in total. The number of halogens is 1. The molecule has 1 aromatic rings. The molecular weight excluding hydrogens is 288 g/mol. The van der Waals surface area contributed by atoms with Gasteiger partial charge in [0.1, 0.15) is 6.04 Å². The van der Waals surface area contributed by atoms with Crippen LogP contribution in [0.4, 0.5) is 0 Å². The van der Waals surface area contributed by atoms with E-state index in [9.17, 15) is 9.59 Å². The van der Waals surface area contributed by atoms with Gasteiger partial charge in [-0.15, -0.1) is 0 Å². The van der Waals surface area contributed by atoms with E-state index in [4.69, 9.17) is 11.6 Å². The van der Waals surface area contributed by atoms with Gasteiger partial charge in [-0.2, -0.15) is 0 Å². The van der Waals surface area contributed by atoms with Crippen molar-refractivity contribution >= 4 is 23.4 Å². The van der Waals surface area contributed by atoms with Crippen molar-refractivity contribution in [3.05, 3.63) is 34.9 Å². The molecule has 2 amide bonds. The summed E-state index contributed by atoms with van der Waals surface area (Å²) in [5.74, 6) is -0.127. The zero-order chi connectivity index (χ0) is 15.6. The van der Waals surface area contributed by atoms with Gasteiger partial charge in [0.15, 0.2) is 0 Å². The Morgan fingerprint density at radius 1 is 1.29 bits per heavy atom. The molecule has 1 heterocycles. The van der Waals surface area contributed by atoms with Crippen LogP contribution in [-0.2, 0) is 16.1 Å². The van der Waals surface area contributed by atoms with Crippen LogP contribution >= 0.6 is 11.6 Å². The second-order valence-electron chi connectivity index (χ2n) is 6.47. The first-order valence-corrected chi connectivity index (χ1v) is 7.48. The summed E-state index contributed by atoms with van der Waals surface area (Å²) in [6, 6.07) is 6.97. The number of carbonyl (C=O) groups is 2. The van der Waals surface area contributed by atoms with E-state index >= 15 is 0 Å². The van der Waals surface area contributed by atoms with Crippen molar-refractivity contribution in [2.75, 3.05) is 6.54 Å². The average molecular weight is 309 g/mol. The number of hydrogen-bond acceptors (Lipinski definition) is 2. The van der Waals surface area contributed by atoms with Gasteiger partial charge in [-0.1, -0.05) is 50.6 Å². The molecule has 1 N–H and O–H groups in total. The molecule has 0 aliphatic carbocycles. The lowest BCUT2D eigenvalue weighted by atomic mass is 9.86. The number of amides is 2. The van der Waals surface area contributed by atoms with E-state index in [0.29, 0.717) is 24.5 Å². The van der Waals surface area contributed by atoms with E-state index in [0.717, 1.165) is 5.56 Å². The fraction of sp³-hybridized carbons (Fsp3) is 0.500. The van der Waals surface area contributed by atoms with Crippen molar-refractivity contribution in [2.45, 2.75) is 39.8 Å². The summed E-state index contributed by atoms with van der Waals surface area (Å²) in [6.07, 6.45) is 0.322. The molecule has 1 fully saturated rings. The van der Waals surface area contributed by atoms with Crippen LogP contribution in [0, 0.1) is 5.41 Å². The Balaban J connectivity index is 2.24. The highest BCUT2D eigenvalue weighted by Crippen LogP contribution is 2.25. The quantitative estimate of drug-likeness (QED) is 0.913. The molecule has 1 atom stereocenters. The lowest BCUT2D eigenvalue weighted by Gasteiger charge is -2.32. The van der Waals surface area contributed by atoms with Crippen LogP contribution in [0.5, 0.6) is 0 Å². The topological polar surface area (TPSA) is 49.4 Å².